The van der Waals surface area contributed by atoms with Crippen LogP contribution in [0.1, 0.15) is 46.6 Å². The molecule has 0 aliphatic heterocycles. The third-order valence-corrected chi connectivity index (χ3v) is 3.14. The number of ether oxygens (including phenoxy) is 1. The molecule has 0 spiro atoms. The number of hydrogen-bond donors (Lipinski definition) is 1. The summed E-state index contributed by atoms with van der Waals surface area (Å²) in [4.78, 5) is 12.7. The van der Waals surface area contributed by atoms with Crippen molar-refractivity contribution in [1.82, 2.24) is 5.32 Å². The van der Waals surface area contributed by atoms with Crippen molar-refractivity contribution >= 4 is 5.97 Å². The van der Waals surface area contributed by atoms with Crippen molar-refractivity contribution < 1.29 is 9.53 Å². The Morgan fingerprint density at radius 1 is 1.20 bits per heavy atom. The Balaban J connectivity index is 3.28. The minimum absolute atomic E-state index is 0.186. The van der Waals surface area contributed by atoms with Crippen LogP contribution in [-0.2, 0) is 15.1 Å². The highest BCUT2D eigenvalue weighted by atomic mass is 16.5. The molecule has 0 bridgehead atoms. The number of esters is 1. The van der Waals surface area contributed by atoms with E-state index in [1.54, 1.807) is 0 Å². The van der Waals surface area contributed by atoms with E-state index in [0.717, 1.165) is 5.56 Å². The maximum Gasteiger partial charge on any atom is 0.331 e. The SMILES string of the molecule is CCOC(=O)C(CC(C)C)(NC(C)C)c1ccccc1. The second kappa shape index (κ2) is 7.44. The molecule has 0 radical (unpaired) electrons. The maximum atomic E-state index is 12.7. The van der Waals surface area contributed by atoms with E-state index < -0.39 is 5.54 Å². The Hall–Kier alpha value is -1.35. The molecule has 0 amide bonds. The van der Waals surface area contributed by atoms with Crippen LogP contribution in [0.2, 0.25) is 0 Å². The van der Waals surface area contributed by atoms with E-state index in [2.05, 4.69) is 33.0 Å². The molecule has 0 saturated carbocycles. The second-order valence-electron chi connectivity index (χ2n) is 5.89. The molecule has 0 aromatic heterocycles. The Morgan fingerprint density at radius 3 is 2.25 bits per heavy atom. The van der Waals surface area contributed by atoms with E-state index in [9.17, 15) is 4.79 Å². The van der Waals surface area contributed by atoms with E-state index in [4.69, 9.17) is 4.74 Å². The normalized spacial score (nSPS) is 14.3. The Labute approximate surface area is 122 Å². The molecule has 0 fully saturated rings. The van der Waals surface area contributed by atoms with Gasteiger partial charge in [-0.25, -0.2) is 4.79 Å². The highest BCUT2D eigenvalue weighted by molar-refractivity contribution is 5.82. The lowest BCUT2D eigenvalue weighted by molar-refractivity contribution is -0.153. The van der Waals surface area contributed by atoms with Gasteiger partial charge in [-0.05, 0) is 38.7 Å². The molecule has 1 aromatic carbocycles. The number of carbonyl (C=O) groups is 1. The van der Waals surface area contributed by atoms with Gasteiger partial charge in [0.1, 0.15) is 5.54 Å². The Bertz CT molecular complexity index is 402. The maximum absolute atomic E-state index is 12.7. The van der Waals surface area contributed by atoms with Crippen molar-refractivity contribution in [2.75, 3.05) is 6.61 Å². The smallest absolute Gasteiger partial charge is 0.331 e. The minimum Gasteiger partial charge on any atom is -0.464 e. The van der Waals surface area contributed by atoms with Crippen molar-refractivity contribution in [3.63, 3.8) is 0 Å². The molecule has 1 atom stereocenters. The number of benzene rings is 1. The molecule has 20 heavy (non-hydrogen) atoms. The largest absolute Gasteiger partial charge is 0.464 e. The summed E-state index contributed by atoms with van der Waals surface area (Å²) < 4.78 is 5.36. The molecular formula is C17H27NO2. The third-order valence-electron chi connectivity index (χ3n) is 3.14. The van der Waals surface area contributed by atoms with Crippen LogP contribution in [0.4, 0.5) is 0 Å². The summed E-state index contributed by atoms with van der Waals surface area (Å²) in [6, 6.07) is 10.1. The molecule has 0 aliphatic carbocycles. The van der Waals surface area contributed by atoms with Crippen LogP contribution in [0.15, 0.2) is 30.3 Å². The van der Waals surface area contributed by atoms with Crippen molar-refractivity contribution in [2.45, 2.75) is 52.6 Å². The molecule has 0 heterocycles. The number of hydrogen-bond acceptors (Lipinski definition) is 3. The van der Waals surface area contributed by atoms with Crippen LogP contribution in [0.3, 0.4) is 0 Å². The van der Waals surface area contributed by atoms with Gasteiger partial charge in [-0.1, -0.05) is 44.2 Å². The lowest BCUT2D eigenvalue weighted by Gasteiger charge is -2.36. The Kier molecular flexibility index (Phi) is 6.21. The summed E-state index contributed by atoms with van der Waals surface area (Å²) in [6.07, 6.45) is 0.716. The monoisotopic (exact) mass is 277 g/mol. The van der Waals surface area contributed by atoms with Gasteiger partial charge in [-0.2, -0.15) is 0 Å². The van der Waals surface area contributed by atoms with Gasteiger partial charge in [-0.15, -0.1) is 0 Å². The van der Waals surface area contributed by atoms with Gasteiger partial charge in [0.15, 0.2) is 0 Å². The van der Waals surface area contributed by atoms with Gasteiger partial charge < -0.3 is 4.74 Å². The first-order valence-electron chi connectivity index (χ1n) is 7.42. The molecule has 3 nitrogen and oxygen atoms in total. The fourth-order valence-electron chi connectivity index (χ4n) is 2.60. The van der Waals surface area contributed by atoms with Crippen LogP contribution in [-0.4, -0.2) is 18.6 Å². The van der Waals surface area contributed by atoms with Crippen molar-refractivity contribution in [2.24, 2.45) is 5.92 Å². The average Bonchev–Trinajstić information content (AvgIpc) is 2.38. The van der Waals surface area contributed by atoms with Crippen molar-refractivity contribution in [3.8, 4) is 0 Å². The summed E-state index contributed by atoms with van der Waals surface area (Å²) in [5.74, 6) is 0.194. The van der Waals surface area contributed by atoms with E-state index in [0.29, 0.717) is 18.9 Å². The van der Waals surface area contributed by atoms with Gasteiger partial charge >= 0.3 is 5.97 Å². The summed E-state index contributed by atoms with van der Waals surface area (Å²) in [7, 11) is 0. The van der Waals surface area contributed by atoms with Crippen molar-refractivity contribution in [1.29, 1.82) is 0 Å². The van der Waals surface area contributed by atoms with E-state index in [-0.39, 0.29) is 12.0 Å². The standard InChI is InChI=1S/C17H27NO2/c1-6-20-16(19)17(12-13(2)3,18-14(4)5)15-10-8-7-9-11-15/h7-11,13-14,18H,6,12H2,1-5H3. The van der Waals surface area contributed by atoms with Crippen LogP contribution in [0.25, 0.3) is 0 Å². The van der Waals surface area contributed by atoms with Gasteiger partial charge in [0.2, 0.25) is 0 Å². The second-order valence-corrected chi connectivity index (χ2v) is 5.89. The average molecular weight is 277 g/mol. The zero-order valence-corrected chi connectivity index (χ0v) is 13.3. The van der Waals surface area contributed by atoms with Gasteiger partial charge in [0.25, 0.3) is 0 Å². The van der Waals surface area contributed by atoms with Gasteiger partial charge in [-0.3, -0.25) is 5.32 Å². The molecule has 1 rings (SSSR count). The van der Waals surface area contributed by atoms with Crippen LogP contribution < -0.4 is 5.32 Å². The van der Waals surface area contributed by atoms with Crippen molar-refractivity contribution in [3.05, 3.63) is 35.9 Å². The molecule has 1 N–H and O–H groups in total. The molecule has 3 heteroatoms. The summed E-state index contributed by atoms with van der Waals surface area (Å²) in [6.45, 7) is 10.6. The molecular weight excluding hydrogens is 250 g/mol. The predicted molar refractivity (Wildman–Crippen MR) is 82.5 cm³/mol. The van der Waals surface area contributed by atoms with E-state index in [1.165, 1.54) is 0 Å². The molecule has 0 saturated heterocycles. The first kappa shape index (κ1) is 16.7. The quantitative estimate of drug-likeness (QED) is 0.775. The highest BCUT2D eigenvalue weighted by Crippen LogP contribution is 2.31. The Morgan fingerprint density at radius 2 is 1.80 bits per heavy atom. The topological polar surface area (TPSA) is 38.3 Å². The third kappa shape index (κ3) is 4.07. The lowest BCUT2D eigenvalue weighted by Crippen LogP contribution is -2.53. The fourth-order valence-corrected chi connectivity index (χ4v) is 2.60. The van der Waals surface area contributed by atoms with E-state index in [1.807, 2.05) is 37.3 Å². The first-order valence-corrected chi connectivity index (χ1v) is 7.42. The summed E-state index contributed by atoms with van der Waals surface area (Å²) in [5.41, 5.74) is 0.209. The fraction of sp³-hybridized carbons (Fsp3) is 0.588. The molecule has 0 aliphatic rings. The lowest BCUT2D eigenvalue weighted by atomic mass is 9.81. The number of nitrogens with one attached hydrogen (secondary N) is 1. The molecule has 112 valence electrons. The minimum atomic E-state index is -0.764. The summed E-state index contributed by atoms with van der Waals surface area (Å²) in [5, 5.41) is 3.45. The molecule has 1 aromatic rings. The molecule has 1 unspecified atom stereocenters. The number of rotatable bonds is 7. The first-order chi connectivity index (χ1) is 9.42. The van der Waals surface area contributed by atoms with Crippen LogP contribution >= 0.6 is 0 Å². The number of carbonyl (C=O) groups excluding carboxylic acids is 1. The van der Waals surface area contributed by atoms with Crippen LogP contribution in [0.5, 0.6) is 0 Å². The van der Waals surface area contributed by atoms with Gasteiger partial charge in [0, 0.05) is 6.04 Å². The zero-order valence-electron chi connectivity index (χ0n) is 13.3. The predicted octanol–water partition coefficient (Wildman–Crippen LogP) is 3.49. The van der Waals surface area contributed by atoms with Crippen LogP contribution in [0, 0.1) is 5.92 Å². The van der Waals surface area contributed by atoms with Gasteiger partial charge in [0.05, 0.1) is 6.61 Å². The summed E-state index contributed by atoms with van der Waals surface area (Å²) >= 11 is 0. The van der Waals surface area contributed by atoms with E-state index >= 15 is 0 Å². The highest BCUT2D eigenvalue weighted by Gasteiger charge is 2.42. The zero-order chi connectivity index (χ0) is 15.2.